The summed E-state index contributed by atoms with van der Waals surface area (Å²) in [6.07, 6.45) is 3.81. The molecule has 2 fully saturated rings. The van der Waals surface area contributed by atoms with E-state index in [1.54, 1.807) is 0 Å². The standard InChI is InChI=1S/C9H10Cl2N4/c10-7-12-8(11)14-9(13-7)15-4-5-1-2-6(15)3-5/h5-6H,1-4H2. The Morgan fingerprint density at radius 2 is 1.80 bits per heavy atom. The molecule has 4 nitrogen and oxygen atoms in total. The van der Waals surface area contributed by atoms with Crippen LogP contribution in [0.1, 0.15) is 19.3 Å². The molecule has 3 rings (SSSR count). The Bertz CT molecular complexity index is 377. The average molecular weight is 245 g/mol. The first kappa shape index (κ1) is 9.60. The molecule has 2 atom stereocenters. The van der Waals surface area contributed by atoms with Crippen molar-refractivity contribution in [1.82, 2.24) is 15.0 Å². The highest BCUT2D eigenvalue weighted by molar-refractivity contribution is 6.31. The summed E-state index contributed by atoms with van der Waals surface area (Å²) in [6.45, 7) is 1.03. The second kappa shape index (κ2) is 3.46. The Balaban J connectivity index is 1.93. The summed E-state index contributed by atoms with van der Waals surface area (Å²) in [4.78, 5) is 14.2. The van der Waals surface area contributed by atoms with E-state index in [1.165, 1.54) is 19.3 Å². The van der Waals surface area contributed by atoms with Gasteiger partial charge in [0.25, 0.3) is 0 Å². The summed E-state index contributed by atoms with van der Waals surface area (Å²) in [5.41, 5.74) is 0. The number of hydrogen-bond donors (Lipinski definition) is 0. The maximum Gasteiger partial charge on any atom is 0.231 e. The van der Waals surface area contributed by atoms with Crippen LogP contribution in [0.5, 0.6) is 0 Å². The van der Waals surface area contributed by atoms with Gasteiger partial charge in [0.1, 0.15) is 0 Å². The fourth-order valence-corrected chi connectivity index (χ4v) is 2.97. The van der Waals surface area contributed by atoms with Gasteiger partial charge in [-0.1, -0.05) is 0 Å². The van der Waals surface area contributed by atoms with E-state index in [1.807, 2.05) is 0 Å². The van der Waals surface area contributed by atoms with Crippen molar-refractivity contribution < 1.29 is 0 Å². The molecule has 0 amide bonds. The molecule has 2 bridgehead atoms. The van der Waals surface area contributed by atoms with Crippen LogP contribution in [0.2, 0.25) is 10.6 Å². The van der Waals surface area contributed by atoms with E-state index in [9.17, 15) is 0 Å². The van der Waals surface area contributed by atoms with Gasteiger partial charge in [-0.15, -0.1) is 0 Å². The summed E-state index contributed by atoms with van der Waals surface area (Å²) >= 11 is 11.5. The van der Waals surface area contributed by atoms with Gasteiger partial charge in [-0.05, 0) is 48.4 Å². The Kier molecular flexibility index (Phi) is 2.21. The van der Waals surface area contributed by atoms with E-state index in [-0.39, 0.29) is 10.6 Å². The van der Waals surface area contributed by atoms with E-state index < -0.39 is 0 Å². The van der Waals surface area contributed by atoms with Crippen LogP contribution < -0.4 is 4.90 Å². The zero-order valence-electron chi connectivity index (χ0n) is 8.03. The predicted octanol–water partition coefficient (Wildman–Crippen LogP) is 2.17. The van der Waals surface area contributed by atoms with Gasteiger partial charge in [-0.2, -0.15) is 15.0 Å². The molecular weight excluding hydrogens is 235 g/mol. The summed E-state index contributed by atoms with van der Waals surface area (Å²) in [5, 5.41) is 0.348. The molecule has 0 radical (unpaired) electrons. The Labute approximate surface area is 97.6 Å². The van der Waals surface area contributed by atoms with Crippen LogP contribution in [0.25, 0.3) is 0 Å². The molecule has 1 aliphatic carbocycles. The van der Waals surface area contributed by atoms with Crippen molar-refractivity contribution in [3.8, 4) is 0 Å². The molecule has 2 aliphatic rings. The van der Waals surface area contributed by atoms with Gasteiger partial charge in [0.2, 0.25) is 16.5 Å². The van der Waals surface area contributed by atoms with Crippen LogP contribution in [0.15, 0.2) is 0 Å². The highest BCUT2D eigenvalue weighted by Gasteiger charge is 2.39. The maximum atomic E-state index is 5.76. The number of aromatic nitrogens is 3. The molecule has 1 saturated heterocycles. The van der Waals surface area contributed by atoms with Gasteiger partial charge in [-0.25, -0.2) is 0 Å². The number of piperidine rings is 1. The predicted molar refractivity (Wildman–Crippen MR) is 58.3 cm³/mol. The van der Waals surface area contributed by atoms with Gasteiger partial charge >= 0.3 is 0 Å². The van der Waals surface area contributed by atoms with Gasteiger partial charge in [-0.3, -0.25) is 0 Å². The molecule has 0 spiro atoms. The third-order valence-corrected chi connectivity index (χ3v) is 3.57. The zero-order chi connectivity index (χ0) is 10.4. The van der Waals surface area contributed by atoms with E-state index in [0.29, 0.717) is 12.0 Å². The number of anilines is 1. The Morgan fingerprint density at radius 3 is 2.33 bits per heavy atom. The Morgan fingerprint density at radius 1 is 1.07 bits per heavy atom. The topological polar surface area (TPSA) is 41.9 Å². The zero-order valence-corrected chi connectivity index (χ0v) is 9.54. The number of nitrogens with zero attached hydrogens (tertiary/aromatic N) is 4. The van der Waals surface area contributed by atoms with E-state index in [0.717, 1.165) is 12.5 Å². The molecule has 80 valence electrons. The third kappa shape index (κ3) is 1.66. The molecule has 15 heavy (non-hydrogen) atoms. The molecule has 6 heteroatoms. The maximum absolute atomic E-state index is 5.76. The first-order valence-corrected chi connectivity index (χ1v) is 5.81. The monoisotopic (exact) mass is 244 g/mol. The second-order valence-corrected chi connectivity index (χ2v) is 4.83. The van der Waals surface area contributed by atoms with Gasteiger partial charge in [0.15, 0.2) is 0 Å². The minimum absolute atomic E-state index is 0.174. The van der Waals surface area contributed by atoms with E-state index >= 15 is 0 Å². The van der Waals surface area contributed by atoms with Gasteiger partial charge in [0.05, 0.1) is 0 Å². The SMILES string of the molecule is Clc1nc(Cl)nc(N2CC3CCC2C3)n1. The Hall–Kier alpha value is -0.610. The molecule has 0 aromatic carbocycles. The lowest BCUT2D eigenvalue weighted by molar-refractivity contribution is 0.546. The van der Waals surface area contributed by atoms with Gasteiger partial charge < -0.3 is 4.90 Å². The largest absolute Gasteiger partial charge is 0.337 e. The number of halogens is 2. The van der Waals surface area contributed by atoms with Crippen LogP contribution in [0.3, 0.4) is 0 Å². The van der Waals surface area contributed by atoms with Crippen molar-refractivity contribution in [3.63, 3.8) is 0 Å². The van der Waals surface area contributed by atoms with Crippen molar-refractivity contribution in [1.29, 1.82) is 0 Å². The molecule has 1 aromatic rings. The smallest absolute Gasteiger partial charge is 0.231 e. The lowest BCUT2D eigenvalue weighted by Crippen LogP contribution is -2.33. The summed E-state index contributed by atoms with van der Waals surface area (Å²) in [6, 6.07) is 0.574. The molecule has 2 heterocycles. The molecule has 1 aliphatic heterocycles. The summed E-state index contributed by atoms with van der Waals surface area (Å²) < 4.78 is 0. The minimum Gasteiger partial charge on any atom is -0.337 e. The summed E-state index contributed by atoms with van der Waals surface area (Å²) in [7, 11) is 0. The fourth-order valence-electron chi connectivity index (χ4n) is 2.61. The van der Waals surface area contributed by atoms with Crippen molar-refractivity contribution in [2.24, 2.45) is 5.92 Å². The van der Waals surface area contributed by atoms with Crippen LogP contribution in [0, 0.1) is 5.92 Å². The number of fused-ring (bicyclic) bond motifs is 2. The molecule has 1 aromatic heterocycles. The first-order chi connectivity index (χ1) is 7.22. The fraction of sp³-hybridized carbons (Fsp3) is 0.667. The second-order valence-electron chi connectivity index (χ2n) is 4.16. The van der Waals surface area contributed by atoms with E-state index in [2.05, 4.69) is 19.9 Å². The summed E-state index contributed by atoms with van der Waals surface area (Å²) in [5.74, 6) is 1.43. The lowest BCUT2D eigenvalue weighted by Gasteiger charge is -2.26. The van der Waals surface area contributed by atoms with Crippen molar-refractivity contribution >= 4 is 29.2 Å². The molecular formula is C9H10Cl2N4. The minimum atomic E-state index is 0.174. The third-order valence-electron chi connectivity index (χ3n) is 3.24. The number of hydrogen-bond acceptors (Lipinski definition) is 4. The van der Waals surface area contributed by atoms with Crippen LogP contribution in [-0.2, 0) is 0 Å². The van der Waals surface area contributed by atoms with Crippen molar-refractivity contribution in [3.05, 3.63) is 10.6 Å². The average Bonchev–Trinajstić information content (AvgIpc) is 2.76. The molecule has 0 N–H and O–H groups in total. The van der Waals surface area contributed by atoms with Crippen molar-refractivity contribution in [2.75, 3.05) is 11.4 Å². The molecule has 2 unspecified atom stereocenters. The molecule has 1 saturated carbocycles. The highest BCUT2D eigenvalue weighted by Crippen LogP contribution is 2.39. The van der Waals surface area contributed by atoms with Crippen LogP contribution >= 0.6 is 23.2 Å². The lowest BCUT2D eigenvalue weighted by atomic mass is 10.1. The number of rotatable bonds is 1. The van der Waals surface area contributed by atoms with Crippen LogP contribution in [-0.4, -0.2) is 27.5 Å². The van der Waals surface area contributed by atoms with Gasteiger partial charge in [0, 0.05) is 12.6 Å². The van der Waals surface area contributed by atoms with Crippen LogP contribution in [0.4, 0.5) is 5.95 Å². The quantitative estimate of drug-likeness (QED) is 0.760. The highest BCUT2D eigenvalue weighted by atomic mass is 35.5. The normalized spacial score (nSPS) is 28.8. The van der Waals surface area contributed by atoms with Crippen molar-refractivity contribution in [2.45, 2.75) is 25.3 Å². The van der Waals surface area contributed by atoms with E-state index in [4.69, 9.17) is 23.2 Å². The first-order valence-electron chi connectivity index (χ1n) is 5.06.